The summed E-state index contributed by atoms with van der Waals surface area (Å²) in [5.74, 6) is 0. The third-order valence-electron chi connectivity index (χ3n) is 7.64. The van der Waals surface area contributed by atoms with Crippen LogP contribution < -0.4 is 4.90 Å². The fraction of sp³-hybridized carbons (Fsp3) is 0. The van der Waals surface area contributed by atoms with Crippen LogP contribution in [0, 0.1) is 0 Å². The Balaban J connectivity index is 1.48. The third-order valence-corrected chi connectivity index (χ3v) is 7.64. The summed E-state index contributed by atoms with van der Waals surface area (Å²) in [5, 5.41) is 3.35. The van der Waals surface area contributed by atoms with Gasteiger partial charge in [0.2, 0.25) is 0 Å². The van der Waals surface area contributed by atoms with Crippen molar-refractivity contribution in [3.63, 3.8) is 0 Å². The largest absolute Gasteiger partial charge is 0.310 e. The molecule has 0 unspecified atom stereocenters. The van der Waals surface area contributed by atoms with Gasteiger partial charge in [-0.1, -0.05) is 139 Å². The molecular weight excluding hydrogens is 542 g/mol. The molecule has 0 saturated carbocycles. The second kappa shape index (κ2) is 11.6. The standard InChI is InChI=1S/C44H31N/c1-2-9-32(10-3-1)35-21-25-42(26-22-35)45(43-27-23-36(24-28-43)40-19-17-33-11-4-6-13-37(33)29-40)44-16-8-15-39(31-44)41-20-18-34-12-5-7-14-38(34)30-41/h1-31H/i8D,15D,16D,21D,22D,23D,24D,25D,26D,27D,28D,31D. The number of rotatable bonds is 6. The Kier molecular flexibility index (Phi) is 4.34. The first-order valence-electron chi connectivity index (χ1n) is 20.5. The van der Waals surface area contributed by atoms with Crippen LogP contribution in [0.3, 0.4) is 0 Å². The van der Waals surface area contributed by atoms with Crippen molar-refractivity contribution in [1.29, 1.82) is 0 Å². The summed E-state index contributed by atoms with van der Waals surface area (Å²) in [6, 6.07) is 26.9. The Bertz CT molecular complexity index is 2890. The maximum atomic E-state index is 9.63. The minimum Gasteiger partial charge on any atom is -0.310 e. The number of nitrogens with zero attached hydrogens (tertiary/aromatic N) is 1. The van der Waals surface area contributed by atoms with Crippen molar-refractivity contribution >= 4 is 38.6 Å². The quantitative estimate of drug-likeness (QED) is 0.188. The van der Waals surface area contributed by atoms with Crippen molar-refractivity contribution in [2.24, 2.45) is 0 Å². The molecule has 0 atom stereocenters. The molecule has 0 amide bonds. The van der Waals surface area contributed by atoms with Gasteiger partial charge in [-0.2, -0.15) is 0 Å². The maximum Gasteiger partial charge on any atom is 0.0651 e. The normalized spacial score (nSPS) is 14.8. The van der Waals surface area contributed by atoms with Crippen molar-refractivity contribution in [2.45, 2.75) is 0 Å². The molecule has 0 radical (unpaired) electrons. The fourth-order valence-electron chi connectivity index (χ4n) is 5.34. The van der Waals surface area contributed by atoms with Crippen LogP contribution >= 0.6 is 0 Å². The molecule has 0 saturated heterocycles. The molecule has 8 aromatic rings. The van der Waals surface area contributed by atoms with Crippen molar-refractivity contribution in [3.05, 3.63) is 188 Å². The van der Waals surface area contributed by atoms with Crippen molar-refractivity contribution in [1.82, 2.24) is 0 Å². The molecule has 1 nitrogen and oxygen atoms in total. The molecule has 0 fully saturated rings. The van der Waals surface area contributed by atoms with Gasteiger partial charge < -0.3 is 4.90 Å². The Hall–Kier alpha value is -5.92. The predicted octanol–water partition coefficient (Wildman–Crippen LogP) is 12.5. The monoisotopic (exact) mass is 585 g/mol. The Morgan fingerprint density at radius 2 is 0.822 bits per heavy atom. The van der Waals surface area contributed by atoms with Crippen LogP contribution in [0.1, 0.15) is 16.4 Å². The van der Waals surface area contributed by atoms with E-state index in [1.807, 2.05) is 48.5 Å². The van der Waals surface area contributed by atoms with Gasteiger partial charge in [0.25, 0.3) is 0 Å². The molecule has 8 rings (SSSR count). The molecular formula is C44H31N. The minimum atomic E-state index is -0.714. The highest BCUT2D eigenvalue weighted by molar-refractivity contribution is 5.90. The molecule has 0 aromatic heterocycles. The lowest BCUT2D eigenvalue weighted by Gasteiger charge is -2.26. The summed E-state index contributed by atoms with van der Waals surface area (Å²) < 4.78 is 111. The van der Waals surface area contributed by atoms with E-state index in [2.05, 4.69) is 0 Å². The van der Waals surface area contributed by atoms with E-state index < -0.39 is 89.6 Å². The summed E-state index contributed by atoms with van der Waals surface area (Å²) >= 11 is 0. The highest BCUT2D eigenvalue weighted by atomic mass is 15.1. The second-order valence-corrected chi connectivity index (χ2v) is 10.5. The summed E-state index contributed by atoms with van der Waals surface area (Å²) in [5.41, 5.74) is -0.611. The zero-order valence-corrected chi connectivity index (χ0v) is 23.9. The first-order chi connectivity index (χ1) is 27.3. The van der Waals surface area contributed by atoms with Crippen LogP contribution in [-0.4, -0.2) is 0 Å². The summed E-state index contributed by atoms with van der Waals surface area (Å²) in [6.45, 7) is 0. The van der Waals surface area contributed by atoms with Crippen LogP contribution in [0.5, 0.6) is 0 Å². The van der Waals surface area contributed by atoms with E-state index in [-0.39, 0.29) is 16.7 Å². The molecule has 0 aliphatic carbocycles. The first-order valence-corrected chi connectivity index (χ1v) is 14.5. The first kappa shape index (κ1) is 16.8. The molecule has 212 valence electrons. The average molecular weight is 586 g/mol. The lowest BCUT2D eigenvalue weighted by molar-refractivity contribution is 1.28. The van der Waals surface area contributed by atoms with Gasteiger partial charge in [-0.25, -0.2) is 0 Å². The number of hydrogen-bond donors (Lipinski definition) is 0. The molecule has 0 heterocycles. The smallest absolute Gasteiger partial charge is 0.0651 e. The number of anilines is 3. The number of benzene rings is 8. The van der Waals surface area contributed by atoms with Crippen LogP contribution in [-0.2, 0) is 0 Å². The Labute approximate surface area is 281 Å². The minimum absolute atomic E-state index is 0.0303. The van der Waals surface area contributed by atoms with Crippen LogP contribution in [0.2, 0.25) is 0 Å². The third kappa shape index (κ3) is 5.37. The van der Waals surface area contributed by atoms with Gasteiger partial charge in [0.05, 0.1) is 16.4 Å². The van der Waals surface area contributed by atoms with E-state index in [9.17, 15) is 11.0 Å². The van der Waals surface area contributed by atoms with Gasteiger partial charge in [-0.15, -0.1) is 0 Å². The predicted molar refractivity (Wildman–Crippen MR) is 192 cm³/mol. The molecule has 0 N–H and O–H groups in total. The summed E-state index contributed by atoms with van der Waals surface area (Å²) in [7, 11) is 0. The highest BCUT2D eigenvalue weighted by Gasteiger charge is 2.15. The average Bonchev–Trinajstić information content (AvgIpc) is 3.22. The number of hydrogen-bond acceptors (Lipinski definition) is 1. The summed E-state index contributed by atoms with van der Waals surface area (Å²) in [4.78, 5) is 0.882. The van der Waals surface area contributed by atoms with Gasteiger partial charge in [0.15, 0.2) is 0 Å². The van der Waals surface area contributed by atoms with Gasteiger partial charge in [-0.05, 0) is 103 Å². The van der Waals surface area contributed by atoms with Gasteiger partial charge in [0.1, 0.15) is 0 Å². The molecule has 0 aliphatic heterocycles. The fourth-order valence-corrected chi connectivity index (χ4v) is 5.34. The molecule has 45 heavy (non-hydrogen) atoms. The zero-order valence-electron chi connectivity index (χ0n) is 35.9. The topological polar surface area (TPSA) is 3.24 Å². The Morgan fingerprint density at radius 3 is 1.40 bits per heavy atom. The lowest BCUT2D eigenvalue weighted by atomic mass is 9.99. The molecule has 1 heteroatoms. The molecule has 0 aliphatic rings. The van der Waals surface area contributed by atoms with E-state index in [1.165, 1.54) is 0 Å². The molecule has 0 spiro atoms. The summed E-state index contributed by atoms with van der Waals surface area (Å²) in [6.07, 6.45) is 0. The SMILES string of the molecule is [2H]c1c([2H])c(-c2ccc3ccccc3c2)c([2H])c(N(c2c([2H])c([2H])c(-c3ccccc3)c([2H])c2[2H])c2c([2H])c([2H])c(-c3ccc4ccccc4c3)c([2H])c2[2H])c1[2H]. The van der Waals surface area contributed by atoms with E-state index in [4.69, 9.17) is 5.48 Å². The van der Waals surface area contributed by atoms with Gasteiger partial charge in [0, 0.05) is 17.1 Å². The van der Waals surface area contributed by atoms with Crippen molar-refractivity contribution < 1.29 is 16.4 Å². The van der Waals surface area contributed by atoms with Crippen molar-refractivity contribution in [2.75, 3.05) is 4.90 Å². The second-order valence-electron chi connectivity index (χ2n) is 10.5. The molecule has 8 aromatic carbocycles. The number of fused-ring (bicyclic) bond motifs is 2. The van der Waals surface area contributed by atoms with E-state index in [1.54, 1.807) is 66.7 Å². The van der Waals surface area contributed by atoms with E-state index in [0.29, 0.717) is 16.7 Å². The molecule has 0 bridgehead atoms. The highest BCUT2D eigenvalue weighted by Crippen LogP contribution is 2.39. The van der Waals surface area contributed by atoms with Crippen LogP contribution in [0.25, 0.3) is 54.9 Å². The van der Waals surface area contributed by atoms with Crippen LogP contribution in [0.15, 0.2) is 188 Å². The zero-order chi connectivity index (χ0) is 40.4. The Morgan fingerprint density at radius 1 is 0.333 bits per heavy atom. The van der Waals surface area contributed by atoms with Gasteiger partial charge >= 0.3 is 0 Å². The van der Waals surface area contributed by atoms with Crippen molar-refractivity contribution in [3.8, 4) is 33.4 Å². The van der Waals surface area contributed by atoms with E-state index in [0.717, 1.165) is 26.4 Å². The van der Waals surface area contributed by atoms with E-state index >= 15 is 0 Å². The maximum absolute atomic E-state index is 9.63. The lowest BCUT2D eigenvalue weighted by Crippen LogP contribution is -2.10. The van der Waals surface area contributed by atoms with Gasteiger partial charge in [-0.3, -0.25) is 0 Å². The van der Waals surface area contributed by atoms with Crippen LogP contribution in [0.4, 0.5) is 17.1 Å².